The Morgan fingerprint density at radius 3 is 2.75 bits per heavy atom. The van der Waals surface area contributed by atoms with E-state index in [1.807, 2.05) is 16.7 Å². The van der Waals surface area contributed by atoms with Crippen molar-refractivity contribution in [2.24, 2.45) is 11.8 Å². The Labute approximate surface area is 103 Å². The number of hydrogen-bond donors (Lipinski definition) is 1. The third-order valence-corrected chi connectivity index (χ3v) is 4.37. The first-order chi connectivity index (χ1) is 7.60. The number of hydrogen-bond acceptors (Lipinski definition) is 3. The van der Waals surface area contributed by atoms with Crippen LogP contribution in [0.2, 0.25) is 0 Å². The Morgan fingerprint density at radius 1 is 1.56 bits per heavy atom. The first-order valence-corrected chi connectivity index (χ1v) is 7.42. The van der Waals surface area contributed by atoms with Gasteiger partial charge in [-0.05, 0) is 19.1 Å². The predicted octanol–water partition coefficient (Wildman–Crippen LogP) is 1.79. The monoisotopic (exact) mass is 244 g/mol. The molecule has 1 aliphatic heterocycles. The normalized spacial score (nSPS) is 28.1. The van der Waals surface area contributed by atoms with Gasteiger partial charge in [-0.3, -0.25) is 4.79 Å². The van der Waals surface area contributed by atoms with Gasteiger partial charge in [0, 0.05) is 32.0 Å². The van der Waals surface area contributed by atoms with Gasteiger partial charge in [0.25, 0.3) is 0 Å². The van der Waals surface area contributed by atoms with Crippen LogP contribution >= 0.6 is 11.8 Å². The molecule has 0 spiro atoms. The molecule has 2 unspecified atom stereocenters. The molecular formula is C12H24N2OS. The number of carbonyl (C=O) groups is 1. The van der Waals surface area contributed by atoms with Crippen molar-refractivity contribution in [3.05, 3.63) is 0 Å². The summed E-state index contributed by atoms with van der Waals surface area (Å²) < 4.78 is 0. The summed E-state index contributed by atoms with van der Waals surface area (Å²) in [7, 11) is 0. The highest BCUT2D eigenvalue weighted by molar-refractivity contribution is 7.99. The van der Waals surface area contributed by atoms with Crippen LogP contribution in [0.15, 0.2) is 0 Å². The molecule has 1 N–H and O–H groups in total. The second-order valence-electron chi connectivity index (χ2n) is 4.70. The van der Waals surface area contributed by atoms with E-state index < -0.39 is 0 Å². The number of rotatable bonds is 3. The van der Waals surface area contributed by atoms with Gasteiger partial charge in [-0.1, -0.05) is 13.8 Å². The summed E-state index contributed by atoms with van der Waals surface area (Å²) in [6.07, 6.45) is 2.78. The second kappa shape index (κ2) is 6.50. The highest BCUT2D eigenvalue weighted by atomic mass is 32.2. The van der Waals surface area contributed by atoms with Crippen molar-refractivity contribution in [1.29, 1.82) is 0 Å². The van der Waals surface area contributed by atoms with Gasteiger partial charge in [-0.2, -0.15) is 0 Å². The average molecular weight is 244 g/mol. The molecule has 0 aliphatic carbocycles. The van der Waals surface area contributed by atoms with Gasteiger partial charge in [0.2, 0.25) is 5.91 Å². The van der Waals surface area contributed by atoms with Gasteiger partial charge in [0.1, 0.15) is 0 Å². The highest BCUT2D eigenvalue weighted by Gasteiger charge is 2.29. The zero-order valence-electron chi connectivity index (χ0n) is 10.8. The minimum atomic E-state index is 0.292. The van der Waals surface area contributed by atoms with Crippen LogP contribution in [0.25, 0.3) is 0 Å². The van der Waals surface area contributed by atoms with Gasteiger partial charge >= 0.3 is 0 Å². The molecule has 2 atom stereocenters. The first-order valence-electron chi connectivity index (χ1n) is 6.14. The van der Waals surface area contributed by atoms with Gasteiger partial charge < -0.3 is 10.2 Å². The number of amides is 1. The van der Waals surface area contributed by atoms with E-state index in [0.29, 0.717) is 29.5 Å². The Kier molecular flexibility index (Phi) is 5.62. The second-order valence-corrected chi connectivity index (χ2v) is 5.68. The summed E-state index contributed by atoms with van der Waals surface area (Å²) in [6.45, 7) is 9.10. The Hall–Kier alpha value is -0.220. The molecule has 0 saturated carbocycles. The topological polar surface area (TPSA) is 32.3 Å². The van der Waals surface area contributed by atoms with Crippen molar-refractivity contribution in [1.82, 2.24) is 10.2 Å². The van der Waals surface area contributed by atoms with Crippen LogP contribution in [0.1, 0.15) is 27.2 Å². The first kappa shape index (κ1) is 13.8. The van der Waals surface area contributed by atoms with Crippen LogP contribution in [0.3, 0.4) is 0 Å². The van der Waals surface area contributed by atoms with Gasteiger partial charge in [0.05, 0.1) is 5.37 Å². The van der Waals surface area contributed by atoms with E-state index in [-0.39, 0.29) is 0 Å². The summed E-state index contributed by atoms with van der Waals surface area (Å²) in [5.74, 6) is 1.43. The summed E-state index contributed by atoms with van der Waals surface area (Å²) in [5, 5.41) is 3.97. The van der Waals surface area contributed by atoms with Crippen molar-refractivity contribution >= 4 is 17.7 Å². The summed E-state index contributed by atoms with van der Waals surface area (Å²) in [6, 6.07) is 0. The maximum absolute atomic E-state index is 11.8. The fourth-order valence-electron chi connectivity index (χ4n) is 2.21. The third kappa shape index (κ3) is 3.39. The number of carbonyl (C=O) groups excluding carboxylic acids is 1. The number of nitrogens with one attached hydrogen (secondary N) is 1. The van der Waals surface area contributed by atoms with Crippen LogP contribution < -0.4 is 5.32 Å². The molecule has 1 amide bonds. The molecule has 0 bridgehead atoms. The van der Waals surface area contributed by atoms with Crippen LogP contribution in [0.4, 0.5) is 0 Å². The van der Waals surface area contributed by atoms with E-state index in [0.717, 1.165) is 19.6 Å². The lowest BCUT2D eigenvalue weighted by Crippen LogP contribution is -2.48. The smallest absolute Gasteiger partial charge is 0.223 e. The molecule has 0 aromatic heterocycles. The van der Waals surface area contributed by atoms with Crippen LogP contribution in [-0.4, -0.2) is 42.1 Å². The van der Waals surface area contributed by atoms with E-state index in [1.54, 1.807) is 0 Å². The van der Waals surface area contributed by atoms with Crippen molar-refractivity contribution in [2.75, 3.05) is 25.9 Å². The van der Waals surface area contributed by atoms with E-state index in [4.69, 9.17) is 0 Å². The van der Waals surface area contributed by atoms with E-state index in [9.17, 15) is 4.79 Å². The zero-order chi connectivity index (χ0) is 12.1. The van der Waals surface area contributed by atoms with E-state index >= 15 is 0 Å². The van der Waals surface area contributed by atoms with Crippen LogP contribution in [0, 0.1) is 11.8 Å². The molecule has 0 radical (unpaired) electrons. The molecule has 1 fully saturated rings. The lowest BCUT2D eigenvalue weighted by atomic mass is 9.94. The van der Waals surface area contributed by atoms with Crippen molar-refractivity contribution in [3.63, 3.8) is 0 Å². The van der Waals surface area contributed by atoms with E-state index in [2.05, 4.69) is 32.3 Å². The standard InChI is InChI=1S/C12H24N2OS/c1-5-14-8-10(9(2)3)12(16-4)13-7-6-11(14)15/h9-10,12-13H,5-8H2,1-4H3. The Morgan fingerprint density at radius 2 is 2.25 bits per heavy atom. The number of thioether (sulfide) groups is 1. The fourth-order valence-corrected chi connectivity index (χ4v) is 3.24. The Bertz CT molecular complexity index is 233. The lowest BCUT2D eigenvalue weighted by molar-refractivity contribution is -0.132. The van der Waals surface area contributed by atoms with Crippen molar-refractivity contribution in [2.45, 2.75) is 32.6 Å². The molecule has 16 heavy (non-hydrogen) atoms. The molecule has 0 aromatic rings. The predicted molar refractivity (Wildman–Crippen MR) is 70.5 cm³/mol. The number of nitrogens with zero attached hydrogens (tertiary/aromatic N) is 1. The van der Waals surface area contributed by atoms with Crippen molar-refractivity contribution < 1.29 is 4.79 Å². The maximum atomic E-state index is 11.8. The maximum Gasteiger partial charge on any atom is 0.223 e. The largest absolute Gasteiger partial charge is 0.343 e. The Balaban J connectivity index is 2.76. The van der Waals surface area contributed by atoms with Gasteiger partial charge in [0.15, 0.2) is 0 Å². The lowest BCUT2D eigenvalue weighted by Gasteiger charge is -2.36. The molecular weight excluding hydrogens is 220 g/mol. The van der Waals surface area contributed by atoms with Crippen LogP contribution in [0.5, 0.6) is 0 Å². The minimum absolute atomic E-state index is 0.292. The molecule has 3 nitrogen and oxygen atoms in total. The fraction of sp³-hybridized carbons (Fsp3) is 0.917. The van der Waals surface area contributed by atoms with Crippen LogP contribution in [-0.2, 0) is 4.79 Å². The summed E-state index contributed by atoms with van der Waals surface area (Å²) >= 11 is 1.87. The van der Waals surface area contributed by atoms with Gasteiger partial charge in [-0.25, -0.2) is 0 Å². The SMILES string of the molecule is CCN1CC(C(C)C)C(SC)NCCC1=O. The zero-order valence-corrected chi connectivity index (χ0v) is 11.6. The molecule has 1 rings (SSSR count). The molecule has 94 valence electrons. The molecule has 1 saturated heterocycles. The quantitative estimate of drug-likeness (QED) is 0.821. The van der Waals surface area contributed by atoms with E-state index in [1.165, 1.54) is 0 Å². The molecule has 1 heterocycles. The summed E-state index contributed by atoms with van der Waals surface area (Å²) in [5.41, 5.74) is 0. The highest BCUT2D eigenvalue weighted by Crippen LogP contribution is 2.25. The van der Waals surface area contributed by atoms with Gasteiger partial charge in [-0.15, -0.1) is 11.8 Å². The average Bonchev–Trinajstić information content (AvgIpc) is 2.23. The molecule has 4 heteroatoms. The molecule has 1 aliphatic rings. The third-order valence-electron chi connectivity index (χ3n) is 3.35. The molecule has 0 aromatic carbocycles. The van der Waals surface area contributed by atoms with Crippen molar-refractivity contribution in [3.8, 4) is 0 Å². The minimum Gasteiger partial charge on any atom is -0.343 e. The summed E-state index contributed by atoms with van der Waals surface area (Å²) in [4.78, 5) is 13.8.